The number of amides is 10. The molecule has 0 radical (unpaired) electrons. The molecule has 27 heteroatoms. The van der Waals surface area contributed by atoms with Crippen molar-refractivity contribution in [1.82, 2.24) is 56.1 Å². The number of allylic oxidation sites excluding steroid dienone is 2. The minimum absolute atomic E-state index is 0.145. The van der Waals surface area contributed by atoms with Crippen LogP contribution >= 0.6 is 0 Å². The van der Waals surface area contributed by atoms with E-state index >= 15 is 4.79 Å². The molecule has 0 aliphatic carbocycles. The Morgan fingerprint density at radius 1 is 0.553 bits per heavy atom. The molecule has 0 bridgehead atoms. The Morgan fingerprint density at radius 3 is 1.51 bits per heavy atom. The van der Waals surface area contributed by atoms with E-state index in [4.69, 9.17) is 19.0 Å². The van der Waals surface area contributed by atoms with Crippen LogP contribution in [-0.4, -0.2) is 242 Å². The van der Waals surface area contributed by atoms with Crippen molar-refractivity contribution in [1.29, 1.82) is 0 Å². The van der Waals surface area contributed by atoms with Gasteiger partial charge in [0.25, 0.3) is 5.91 Å². The smallest absolute Gasteiger partial charge is 0.328 e. The summed E-state index contributed by atoms with van der Waals surface area (Å²) in [6, 6.07) is -12.4. The van der Waals surface area contributed by atoms with E-state index in [2.05, 4.69) is 26.6 Å². The highest BCUT2D eigenvalue weighted by molar-refractivity contribution is 5.99. The minimum Gasteiger partial charge on any atom is -0.467 e. The summed E-state index contributed by atoms with van der Waals surface area (Å²) in [5.74, 6) is -9.09. The average molecular weight is 1330 g/mol. The van der Waals surface area contributed by atoms with Crippen LogP contribution in [0.5, 0.6) is 0 Å². The Labute approximate surface area is 560 Å². The number of methoxy groups -OCH3 is 1. The molecule has 1 saturated heterocycles. The number of carbonyl (C=O) groups is 12. The molecule has 0 unspecified atom stereocenters. The molecule has 1 aliphatic heterocycles. The maximum absolute atomic E-state index is 15.0. The summed E-state index contributed by atoms with van der Waals surface area (Å²) in [4.78, 5) is 180. The number of likely N-dealkylation sites (N-methyl/N-ethyl adjacent to an activating group) is 6. The molecular weight excluding hydrogens is 1210 g/mol. The Bertz CT molecular complexity index is 2560. The van der Waals surface area contributed by atoms with Crippen LogP contribution in [0.25, 0.3) is 0 Å². The van der Waals surface area contributed by atoms with Crippen LogP contribution in [0.2, 0.25) is 0 Å². The minimum atomic E-state index is -1.26. The van der Waals surface area contributed by atoms with Gasteiger partial charge in [0.2, 0.25) is 53.2 Å². The number of hydrogen-bond acceptors (Lipinski definition) is 17. The summed E-state index contributed by atoms with van der Waals surface area (Å²) in [5.41, 5.74) is 0. The molecule has 27 nitrogen and oxygen atoms in total. The number of rotatable bonds is 40. The predicted octanol–water partition coefficient (Wildman–Crippen LogP) is 3.60. The Hall–Kier alpha value is -6.74. The van der Waals surface area contributed by atoms with E-state index in [1.54, 1.807) is 55.5 Å². The topological polar surface area (TPSA) is 321 Å². The highest BCUT2D eigenvalue weighted by Gasteiger charge is 2.54. The van der Waals surface area contributed by atoms with Crippen molar-refractivity contribution < 1.29 is 76.6 Å². The van der Waals surface area contributed by atoms with Crippen molar-refractivity contribution >= 4 is 71.0 Å². The van der Waals surface area contributed by atoms with E-state index in [0.29, 0.717) is 19.3 Å². The van der Waals surface area contributed by atoms with E-state index < -0.39 is 162 Å². The standard InChI is InChI=1S/C67H119N11O16/c1-26-28-31-42(13)56-55(60(83)71-48(27-2)67(90)91-25)78(94-56)66(89)53(41(11)12)76(23)64(87)51(36-39(7)8)75(22)63(86)50(35-38(5)6)74(21)62(85)45(16)70-57(80)43(14)69-58(81)49(34-37(3)4)73(20)65(88)52(40(9)10)72-59(82)54(77(24)61(84)44(15)68-19)46(17)92-32-29-30-33-93-47(18)79/h26,28,37-46,48-56,68H,27,29-36H2,1-25H3,(H,69,81)(H,70,80)(H,71,83)(H,72,82)/b28-26+/t42-,43+,44-,45-,46+,48+,49-,50+,51+,52+,53+,54+,55+,56-/m1/s1. The first-order valence-electron chi connectivity index (χ1n) is 33.4. The average Bonchev–Trinajstić information content (AvgIpc) is 0.760. The Morgan fingerprint density at radius 2 is 1.03 bits per heavy atom. The molecule has 10 amide bonds. The van der Waals surface area contributed by atoms with Gasteiger partial charge in [-0.2, -0.15) is 0 Å². The molecule has 5 N–H and O–H groups in total. The van der Waals surface area contributed by atoms with E-state index in [1.165, 1.54) is 87.6 Å². The third-order valence-electron chi connectivity index (χ3n) is 17.1. The number of carbonyl (C=O) groups excluding carboxylic acids is 12. The highest BCUT2D eigenvalue weighted by atomic mass is 16.7. The second-order valence-electron chi connectivity index (χ2n) is 27.1. The number of nitrogens with one attached hydrogen (secondary N) is 5. The van der Waals surface area contributed by atoms with E-state index in [0.717, 1.165) is 5.06 Å². The zero-order valence-corrected chi connectivity index (χ0v) is 61.2. The lowest BCUT2D eigenvalue weighted by atomic mass is 9.90. The Balaban J connectivity index is 3.52. The van der Waals surface area contributed by atoms with Crippen LogP contribution in [0, 0.1) is 35.5 Å². The van der Waals surface area contributed by atoms with Crippen molar-refractivity contribution in [3.8, 4) is 0 Å². The third kappa shape index (κ3) is 24.8. The predicted molar refractivity (Wildman–Crippen MR) is 356 cm³/mol. The summed E-state index contributed by atoms with van der Waals surface area (Å²) in [6.07, 6.45) is 4.36. The molecule has 0 aromatic carbocycles. The van der Waals surface area contributed by atoms with Crippen LogP contribution in [-0.2, 0) is 76.6 Å². The largest absolute Gasteiger partial charge is 0.467 e. The number of ether oxygens (including phenoxy) is 3. The van der Waals surface area contributed by atoms with Gasteiger partial charge < -0.3 is 65.3 Å². The van der Waals surface area contributed by atoms with Gasteiger partial charge >= 0.3 is 11.9 Å². The summed E-state index contributed by atoms with van der Waals surface area (Å²) in [5, 5.41) is 14.8. The summed E-state index contributed by atoms with van der Waals surface area (Å²) < 4.78 is 16.0. The normalized spacial score (nSPS) is 17.8. The first kappa shape index (κ1) is 85.3. The fourth-order valence-electron chi connectivity index (χ4n) is 11.2. The van der Waals surface area contributed by atoms with Gasteiger partial charge in [-0.15, -0.1) is 0 Å². The number of esters is 2. The molecular formula is C67H119N11O16. The van der Waals surface area contributed by atoms with Gasteiger partial charge in [-0.05, 0) is 122 Å². The van der Waals surface area contributed by atoms with Gasteiger partial charge in [0.15, 0.2) is 6.04 Å². The van der Waals surface area contributed by atoms with Gasteiger partial charge in [-0.25, -0.2) is 9.86 Å². The quantitative estimate of drug-likeness (QED) is 0.0332. The summed E-state index contributed by atoms with van der Waals surface area (Å²) in [6.45, 7) is 31.4. The molecule has 94 heavy (non-hydrogen) atoms. The number of unbranched alkanes of at least 4 members (excludes halogenated alkanes) is 1. The van der Waals surface area contributed by atoms with Crippen molar-refractivity contribution in [2.75, 3.05) is 62.6 Å². The third-order valence-corrected chi connectivity index (χ3v) is 17.1. The molecule has 1 heterocycles. The molecule has 0 aromatic rings. The van der Waals surface area contributed by atoms with Crippen LogP contribution in [0.3, 0.4) is 0 Å². The molecule has 0 spiro atoms. The molecule has 14 atom stereocenters. The second-order valence-corrected chi connectivity index (χ2v) is 27.1. The second kappa shape index (κ2) is 40.6. The van der Waals surface area contributed by atoms with Gasteiger partial charge in [0.1, 0.15) is 60.5 Å². The van der Waals surface area contributed by atoms with Gasteiger partial charge in [0.05, 0.1) is 25.9 Å². The van der Waals surface area contributed by atoms with E-state index in [9.17, 15) is 52.7 Å². The SMILES string of the molecule is C/C=C/C[C@@H](C)[C@H]1ON(C(=O)[C@H](C(C)C)N(C)C(=O)[C@H](CC(C)C)N(C)C(=O)[C@H](CC(C)C)N(C)C(=O)[C@@H](C)NC(=O)[C@H](C)NC(=O)[C@@H](CC(C)C)N(C)C(=O)[C@@H](NC(=O)[C@H]([C@H](C)OCCCCOC(C)=O)N(C)C(=O)[C@@H](C)NC)C(C)C)[C@@H]1C(=O)N[C@@H](CC)C(=O)OC. The van der Waals surface area contributed by atoms with Gasteiger partial charge in [-0.1, -0.05) is 95.2 Å². The highest BCUT2D eigenvalue weighted by Crippen LogP contribution is 2.34. The molecule has 1 fully saturated rings. The number of nitrogens with zero attached hydrogens (tertiary/aromatic N) is 6. The lowest BCUT2D eigenvalue weighted by Gasteiger charge is -2.50. The molecule has 1 aliphatic rings. The van der Waals surface area contributed by atoms with Crippen LogP contribution in [0.4, 0.5) is 0 Å². The van der Waals surface area contributed by atoms with Crippen LogP contribution in [0.1, 0.15) is 170 Å². The van der Waals surface area contributed by atoms with E-state index in [-0.39, 0.29) is 62.6 Å². The maximum atomic E-state index is 15.0. The van der Waals surface area contributed by atoms with Crippen molar-refractivity contribution in [3.63, 3.8) is 0 Å². The maximum Gasteiger partial charge on any atom is 0.328 e. The van der Waals surface area contributed by atoms with Crippen molar-refractivity contribution in [2.24, 2.45) is 35.5 Å². The summed E-state index contributed by atoms with van der Waals surface area (Å²) in [7, 11) is 10.1. The van der Waals surface area contributed by atoms with Crippen molar-refractivity contribution in [3.05, 3.63) is 12.2 Å². The first-order valence-corrected chi connectivity index (χ1v) is 33.4. The van der Waals surface area contributed by atoms with Gasteiger partial charge in [-0.3, -0.25) is 57.6 Å². The van der Waals surface area contributed by atoms with Gasteiger partial charge in [0, 0.05) is 48.8 Å². The van der Waals surface area contributed by atoms with E-state index in [1.807, 2.05) is 67.5 Å². The lowest BCUT2D eigenvalue weighted by molar-refractivity contribution is -0.321. The molecule has 0 aromatic heterocycles. The van der Waals surface area contributed by atoms with Crippen LogP contribution in [0.15, 0.2) is 12.2 Å². The zero-order chi connectivity index (χ0) is 72.5. The monoisotopic (exact) mass is 1330 g/mol. The number of hydroxylamine groups is 2. The fraction of sp³-hybridized carbons (Fsp3) is 0.791. The van der Waals surface area contributed by atoms with Crippen LogP contribution < -0.4 is 26.6 Å². The number of hydrogen-bond donors (Lipinski definition) is 5. The first-order chi connectivity index (χ1) is 43.7. The molecule has 1 rings (SSSR count). The Kier molecular flexibility index (Phi) is 36.8. The zero-order valence-electron chi connectivity index (χ0n) is 61.2. The summed E-state index contributed by atoms with van der Waals surface area (Å²) >= 11 is 0. The molecule has 538 valence electrons. The molecule has 0 saturated carbocycles. The van der Waals surface area contributed by atoms with Crippen molar-refractivity contribution in [2.45, 2.75) is 248 Å². The lowest BCUT2D eigenvalue weighted by Crippen LogP contribution is -2.71. The fourth-order valence-corrected chi connectivity index (χ4v) is 11.2.